The molecular weight excluding hydrogens is 344 g/mol. The molecule has 1 amide bonds. The van der Waals surface area contributed by atoms with Crippen molar-refractivity contribution < 1.29 is 19.1 Å². The highest BCUT2D eigenvalue weighted by molar-refractivity contribution is 5.97. The Hall–Kier alpha value is -2.89. The summed E-state index contributed by atoms with van der Waals surface area (Å²) in [6.45, 7) is 1.20. The summed E-state index contributed by atoms with van der Waals surface area (Å²) in [5.74, 6) is 1.40. The number of pyridine rings is 1. The van der Waals surface area contributed by atoms with Gasteiger partial charge >= 0.3 is 0 Å². The standard InChI is InChI=1S/C21H24N2O4/c1-26-18-6-5-15(12-19(18)27-2)13-20(24)23-10-7-16(8-11-23)21(25)17-4-3-9-22-14-17/h3-6,9,12,14,16H,7-8,10-11,13H2,1-2H3. The Bertz CT molecular complexity index is 799. The first-order valence-corrected chi connectivity index (χ1v) is 9.05. The summed E-state index contributed by atoms with van der Waals surface area (Å²) in [5, 5.41) is 0. The predicted molar refractivity (Wildman–Crippen MR) is 101 cm³/mol. The van der Waals surface area contributed by atoms with Crippen LogP contribution in [0.5, 0.6) is 11.5 Å². The fourth-order valence-electron chi connectivity index (χ4n) is 3.41. The van der Waals surface area contributed by atoms with Crippen LogP contribution in [0, 0.1) is 5.92 Å². The molecule has 0 saturated carbocycles. The number of carbonyl (C=O) groups excluding carboxylic acids is 2. The second-order valence-corrected chi connectivity index (χ2v) is 6.63. The van der Waals surface area contributed by atoms with E-state index in [1.165, 1.54) is 0 Å². The van der Waals surface area contributed by atoms with Crippen molar-refractivity contribution in [1.82, 2.24) is 9.88 Å². The number of hydrogen-bond acceptors (Lipinski definition) is 5. The summed E-state index contributed by atoms with van der Waals surface area (Å²) >= 11 is 0. The maximum atomic E-state index is 12.6. The van der Waals surface area contributed by atoms with E-state index in [4.69, 9.17) is 9.47 Å². The summed E-state index contributed by atoms with van der Waals surface area (Å²) in [7, 11) is 3.16. The molecule has 0 bridgehead atoms. The van der Waals surface area contributed by atoms with Crippen molar-refractivity contribution >= 4 is 11.7 Å². The van der Waals surface area contributed by atoms with Crippen LogP contribution in [0.25, 0.3) is 0 Å². The van der Waals surface area contributed by atoms with Gasteiger partial charge in [-0.05, 0) is 42.7 Å². The molecule has 0 N–H and O–H groups in total. The lowest BCUT2D eigenvalue weighted by molar-refractivity contribution is -0.131. The van der Waals surface area contributed by atoms with Gasteiger partial charge in [0.1, 0.15) is 0 Å². The minimum atomic E-state index is -0.0423. The Morgan fingerprint density at radius 2 is 1.85 bits per heavy atom. The van der Waals surface area contributed by atoms with Gasteiger partial charge in [0, 0.05) is 37.0 Å². The Morgan fingerprint density at radius 1 is 1.11 bits per heavy atom. The molecule has 2 aromatic rings. The van der Waals surface area contributed by atoms with Crippen LogP contribution in [0.3, 0.4) is 0 Å². The SMILES string of the molecule is COc1ccc(CC(=O)N2CCC(C(=O)c3cccnc3)CC2)cc1OC. The Kier molecular flexibility index (Phi) is 6.06. The van der Waals surface area contributed by atoms with E-state index in [9.17, 15) is 9.59 Å². The minimum Gasteiger partial charge on any atom is -0.493 e. The average molecular weight is 368 g/mol. The van der Waals surface area contributed by atoms with E-state index in [-0.39, 0.29) is 17.6 Å². The first-order chi connectivity index (χ1) is 13.1. The van der Waals surface area contributed by atoms with Gasteiger partial charge in [-0.2, -0.15) is 0 Å². The minimum absolute atomic E-state index is 0.0423. The summed E-state index contributed by atoms with van der Waals surface area (Å²) in [6, 6.07) is 9.08. The zero-order valence-corrected chi connectivity index (χ0v) is 15.7. The number of methoxy groups -OCH3 is 2. The molecule has 1 aromatic carbocycles. The monoisotopic (exact) mass is 368 g/mol. The van der Waals surface area contributed by atoms with Gasteiger partial charge in [-0.25, -0.2) is 0 Å². The lowest BCUT2D eigenvalue weighted by atomic mass is 9.89. The van der Waals surface area contributed by atoms with Crippen molar-refractivity contribution in [2.75, 3.05) is 27.3 Å². The number of piperidine rings is 1. The van der Waals surface area contributed by atoms with E-state index >= 15 is 0 Å². The third-order valence-corrected chi connectivity index (χ3v) is 4.97. The molecule has 0 spiro atoms. The number of aromatic nitrogens is 1. The lowest BCUT2D eigenvalue weighted by Crippen LogP contribution is -2.41. The Morgan fingerprint density at radius 3 is 2.48 bits per heavy atom. The van der Waals surface area contributed by atoms with Crippen LogP contribution in [0.15, 0.2) is 42.7 Å². The molecule has 1 aliphatic heterocycles. The maximum Gasteiger partial charge on any atom is 0.226 e. The third-order valence-electron chi connectivity index (χ3n) is 4.97. The zero-order valence-electron chi connectivity index (χ0n) is 15.7. The first kappa shape index (κ1) is 18.9. The molecule has 0 atom stereocenters. The highest BCUT2D eigenvalue weighted by Crippen LogP contribution is 2.28. The molecule has 1 fully saturated rings. The van der Waals surface area contributed by atoms with E-state index in [0.717, 1.165) is 5.56 Å². The second kappa shape index (κ2) is 8.66. The van der Waals surface area contributed by atoms with Crippen molar-refractivity contribution in [3.63, 3.8) is 0 Å². The van der Waals surface area contributed by atoms with Crippen molar-refractivity contribution in [1.29, 1.82) is 0 Å². The molecule has 6 heteroatoms. The number of benzene rings is 1. The van der Waals surface area contributed by atoms with Crippen LogP contribution >= 0.6 is 0 Å². The number of rotatable bonds is 6. The number of Topliss-reactive ketones (excluding diaryl/α,β-unsaturated/α-hetero) is 1. The molecule has 142 valence electrons. The molecule has 0 radical (unpaired) electrons. The van der Waals surface area contributed by atoms with Gasteiger partial charge in [-0.3, -0.25) is 14.6 Å². The number of likely N-dealkylation sites (tertiary alicyclic amines) is 1. The average Bonchev–Trinajstić information content (AvgIpc) is 2.73. The lowest BCUT2D eigenvalue weighted by Gasteiger charge is -2.31. The number of ether oxygens (including phenoxy) is 2. The molecule has 27 heavy (non-hydrogen) atoms. The van der Waals surface area contributed by atoms with Crippen LogP contribution in [0.1, 0.15) is 28.8 Å². The van der Waals surface area contributed by atoms with Crippen LogP contribution in [-0.2, 0) is 11.2 Å². The van der Waals surface area contributed by atoms with Crippen LogP contribution < -0.4 is 9.47 Å². The van der Waals surface area contributed by atoms with Gasteiger partial charge in [0.05, 0.1) is 20.6 Å². The highest BCUT2D eigenvalue weighted by atomic mass is 16.5. The number of hydrogen-bond donors (Lipinski definition) is 0. The highest BCUT2D eigenvalue weighted by Gasteiger charge is 2.28. The van der Waals surface area contributed by atoms with Crippen LogP contribution in [0.4, 0.5) is 0 Å². The zero-order chi connectivity index (χ0) is 19.2. The molecule has 3 rings (SSSR count). The third kappa shape index (κ3) is 4.45. The van der Waals surface area contributed by atoms with Gasteiger partial charge in [0.2, 0.25) is 5.91 Å². The summed E-state index contributed by atoms with van der Waals surface area (Å²) in [6.07, 6.45) is 4.95. The van der Waals surface area contributed by atoms with Gasteiger partial charge in [-0.1, -0.05) is 6.07 Å². The topological polar surface area (TPSA) is 68.7 Å². The fraction of sp³-hybridized carbons (Fsp3) is 0.381. The number of carbonyl (C=O) groups is 2. The first-order valence-electron chi connectivity index (χ1n) is 9.05. The maximum absolute atomic E-state index is 12.6. The largest absolute Gasteiger partial charge is 0.493 e. The van der Waals surface area contributed by atoms with Crippen molar-refractivity contribution in [3.05, 3.63) is 53.9 Å². The van der Waals surface area contributed by atoms with E-state index in [1.54, 1.807) is 44.8 Å². The molecule has 0 unspecified atom stereocenters. The number of amides is 1. The fourth-order valence-corrected chi connectivity index (χ4v) is 3.41. The molecule has 2 heterocycles. The van der Waals surface area contributed by atoms with Crippen molar-refractivity contribution in [2.45, 2.75) is 19.3 Å². The predicted octanol–water partition coefficient (Wildman–Crippen LogP) is 2.76. The Balaban J connectivity index is 1.56. The number of ketones is 1. The summed E-state index contributed by atoms with van der Waals surface area (Å²) < 4.78 is 10.5. The molecular formula is C21H24N2O4. The molecule has 6 nitrogen and oxygen atoms in total. The van der Waals surface area contributed by atoms with Crippen LogP contribution in [-0.4, -0.2) is 48.9 Å². The molecule has 0 aliphatic carbocycles. The van der Waals surface area contributed by atoms with Gasteiger partial charge < -0.3 is 14.4 Å². The van der Waals surface area contributed by atoms with Crippen molar-refractivity contribution in [2.24, 2.45) is 5.92 Å². The summed E-state index contributed by atoms with van der Waals surface area (Å²) in [4.78, 5) is 31.0. The van der Waals surface area contributed by atoms with Gasteiger partial charge in [0.15, 0.2) is 17.3 Å². The van der Waals surface area contributed by atoms with Crippen molar-refractivity contribution in [3.8, 4) is 11.5 Å². The quantitative estimate of drug-likeness (QED) is 0.734. The smallest absolute Gasteiger partial charge is 0.226 e. The van der Waals surface area contributed by atoms with Crippen LogP contribution in [0.2, 0.25) is 0 Å². The Labute approximate surface area is 159 Å². The van der Waals surface area contributed by atoms with Gasteiger partial charge in [-0.15, -0.1) is 0 Å². The summed E-state index contributed by atoms with van der Waals surface area (Å²) in [5.41, 5.74) is 1.53. The van der Waals surface area contributed by atoms with E-state index in [2.05, 4.69) is 4.98 Å². The van der Waals surface area contributed by atoms with E-state index in [0.29, 0.717) is 49.4 Å². The van der Waals surface area contributed by atoms with E-state index in [1.807, 2.05) is 17.0 Å². The van der Waals surface area contributed by atoms with E-state index < -0.39 is 0 Å². The normalized spacial score (nSPS) is 14.7. The molecule has 1 aromatic heterocycles. The second-order valence-electron chi connectivity index (χ2n) is 6.63. The number of nitrogens with zero attached hydrogens (tertiary/aromatic N) is 2. The van der Waals surface area contributed by atoms with Gasteiger partial charge in [0.25, 0.3) is 0 Å². The molecule has 1 aliphatic rings. The molecule has 1 saturated heterocycles.